The van der Waals surface area contributed by atoms with Crippen LogP contribution < -0.4 is 5.69 Å². The van der Waals surface area contributed by atoms with Crippen molar-refractivity contribution in [2.24, 2.45) is 0 Å². The number of halogens is 1. The highest BCUT2D eigenvalue weighted by Gasteiger charge is 2.14. The van der Waals surface area contributed by atoms with Gasteiger partial charge in [-0.25, -0.2) is 4.79 Å². The lowest BCUT2D eigenvalue weighted by Gasteiger charge is -2.09. The molecule has 1 aromatic heterocycles. The van der Waals surface area contributed by atoms with E-state index in [9.17, 15) is 4.79 Å². The highest BCUT2D eigenvalue weighted by atomic mass is 79.9. The second-order valence-electron chi connectivity index (χ2n) is 8.98. The Morgan fingerprint density at radius 3 is 2.11 bits per heavy atom. The Kier molecular flexibility index (Phi) is 7.67. The Morgan fingerprint density at radius 2 is 1.43 bits per heavy atom. The highest BCUT2D eigenvalue weighted by Crippen LogP contribution is 2.27. The van der Waals surface area contributed by atoms with Crippen molar-refractivity contribution in [2.75, 3.05) is 0 Å². The molecule has 4 aromatic carbocycles. The number of hydrogen-bond acceptors (Lipinski definition) is 1. The van der Waals surface area contributed by atoms with E-state index in [1.165, 1.54) is 16.7 Å². The Morgan fingerprint density at radius 1 is 0.784 bits per heavy atom. The van der Waals surface area contributed by atoms with Gasteiger partial charge in [0.1, 0.15) is 0 Å². The van der Waals surface area contributed by atoms with E-state index in [1.807, 2.05) is 57.7 Å². The zero-order valence-electron chi connectivity index (χ0n) is 20.8. The quantitative estimate of drug-likeness (QED) is 0.179. The number of hydrogen-bond donors (Lipinski definition) is 0. The summed E-state index contributed by atoms with van der Waals surface area (Å²) in [4.78, 5) is 13.6. The summed E-state index contributed by atoms with van der Waals surface area (Å²) in [6.45, 7) is 3.19. The van der Waals surface area contributed by atoms with Gasteiger partial charge in [-0.05, 0) is 59.4 Å². The van der Waals surface area contributed by atoms with E-state index in [2.05, 4.69) is 95.7 Å². The van der Waals surface area contributed by atoms with Gasteiger partial charge < -0.3 is 0 Å². The van der Waals surface area contributed by atoms with Gasteiger partial charge in [-0.15, -0.1) is 0 Å². The zero-order valence-corrected chi connectivity index (χ0v) is 22.4. The minimum absolute atomic E-state index is 0.0166. The molecule has 0 saturated heterocycles. The van der Waals surface area contributed by atoms with Crippen LogP contribution in [-0.2, 0) is 13.1 Å². The molecule has 37 heavy (non-hydrogen) atoms. The van der Waals surface area contributed by atoms with Crippen LogP contribution >= 0.6 is 15.9 Å². The van der Waals surface area contributed by atoms with E-state index < -0.39 is 0 Å². The van der Waals surface area contributed by atoms with Crippen molar-refractivity contribution < 1.29 is 0 Å². The maximum absolute atomic E-state index is 13.6. The largest absolute Gasteiger partial charge is 0.329 e. The third-order valence-corrected chi connectivity index (χ3v) is 7.39. The topological polar surface area (TPSA) is 26.9 Å². The molecule has 1 heterocycles. The normalized spacial score (nSPS) is 12.0. The molecule has 0 saturated carbocycles. The number of imidazole rings is 1. The predicted molar refractivity (Wildman–Crippen MR) is 159 cm³/mol. The number of fused-ring (bicyclic) bond motifs is 1. The van der Waals surface area contributed by atoms with E-state index in [1.54, 1.807) is 0 Å². The molecular weight excluding hydrogens is 520 g/mol. The molecule has 0 aliphatic heterocycles. The molecule has 0 amide bonds. The van der Waals surface area contributed by atoms with E-state index >= 15 is 0 Å². The lowest BCUT2D eigenvalue weighted by molar-refractivity contribution is 0.656. The molecule has 184 valence electrons. The SMILES string of the molecule is C/C=C(\C=C/CCn1c(=O)n(Cc2ccc(-c3ccccc3)cc2Br)c2ccccc21)c1ccccc1. The molecule has 0 spiro atoms. The first kappa shape index (κ1) is 24.8. The average molecular weight is 550 g/mol. The molecule has 5 aromatic rings. The smallest absolute Gasteiger partial charge is 0.292 e. The highest BCUT2D eigenvalue weighted by molar-refractivity contribution is 9.10. The first-order valence-corrected chi connectivity index (χ1v) is 13.3. The zero-order chi connectivity index (χ0) is 25.6. The van der Waals surface area contributed by atoms with E-state index in [0.717, 1.165) is 33.1 Å². The number of para-hydroxylation sites is 2. The van der Waals surface area contributed by atoms with Gasteiger partial charge in [0.05, 0.1) is 17.6 Å². The van der Waals surface area contributed by atoms with Gasteiger partial charge in [-0.2, -0.15) is 0 Å². The summed E-state index contributed by atoms with van der Waals surface area (Å²) in [5, 5.41) is 0. The van der Waals surface area contributed by atoms with Crippen molar-refractivity contribution >= 4 is 32.5 Å². The molecule has 0 atom stereocenters. The van der Waals surface area contributed by atoms with Gasteiger partial charge in [0.2, 0.25) is 0 Å². The fourth-order valence-corrected chi connectivity index (χ4v) is 5.21. The van der Waals surface area contributed by atoms with Crippen molar-refractivity contribution in [3.05, 3.63) is 147 Å². The molecule has 0 aliphatic rings. The van der Waals surface area contributed by atoms with Crippen molar-refractivity contribution in [3.63, 3.8) is 0 Å². The van der Waals surface area contributed by atoms with Crippen molar-refractivity contribution in [2.45, 2.75) is 26.4 Å². The predicted octanol–water partition coefficient (Wildman–Crippen LogP) is 8.33. The Bertz CT molecular complexity index is 1630. The van der Waals surface area contributed by atoms with Crippen LogP contribution in [0.5, 0.6) is 0 Å². The van der Waals surface area contributed by atoms with Crippen molar-refractivity contribution in [1.82, 2.24) is 9.13 Å². The number of allylic oxidation sites excluding steroid dienone is 4. The second kappa shape index (κ2) is 11.4. The van der Waals surface area contributed by atoms with E-state index in [-0.39, 0.29) is 5.69 Å². The average Bonchev–Trinajstić information content (AvgIpc) is 3.21. The number of benzene rings is 4. The fraction of sp³-hybridized carbons (Fsp3) is 0.121. The van der Waals surface area contributed by atoms with Gasteiger partial charge >= 0.3 is 5.69 Å². The van der Waals surface area contributed by atoms with Gasteiger partial charge in [-0.1, -0.05) is 119 Å². The van der Waals surface area contributed by atoms with E-state index in [0.29, 0.717) is 13.1 Å². The van der Waals surface area contributed by atoms with Crippen LogP contribution in [0.2, 0.25) is 0 Å². The maximum Gasteiger partial charge on any atom is 0.329 e. The maximum atomic E-state index is 13.6. The molecular formula is C33H29BrN2O. The van der Waals surface area contributed by atoms with Gasteiger partial charge in [0, 0.05) is 11.0 Å². The van der Waals surface area contributed by atoms with Crippen LogP contribution in [-0.4, -0.2) is 9.13 Å². The van der Waals surface area contributed by atoms with Crippen molar-refractivity contribution in [1.29, 1.82) is 0 Å². The first-order valence-electron chi connectivity index (χ1n) is 12.6. The molecule has 4 heteroatoms. The van der Waals surface area contributed by atoms with Crippen LogP contribution in [0.15, 0.2) is 131 Å². The summed E-state index contributed by atoms with van der Waals surface area (Å²) in [5.41, 5.74) is 7.70. The molecule has 0 radical (unpaired) electrons. The van der Waals surface area contributed by atoms with Crippen LogP contribution in [0.3, 0.4) is 0 Å². The summed E-state index contributed by atoms with van der Waals surface area (Å²) in [6.07, 6.45) is 7.18. The van der Waals surface area contributed by atoms with Gasteiger partial charge in [0.25, 0.3) is 0 Å². The number of nitrogens with zero attached hydrogens (tertiary/aromatic N) is 2. The monoisotopic (exact) mass is 548 g/mol. The molecule has 0 bridgehead atoms. The summed E-state index contributed by atoms with van der Waals surface area (Å²) in [7, 11) is 0. The van der Waals surface area contributed by atoms with Crippen LogP contribution in [0.4, 0.5) is 0 Å². The third-order valence-electron chi connectivity index (χ3n) is 6.65. The lowest BCUT2D eigenvalue weighted by atomic mass is 10.0. The van der Waals surface area contributed by atoms with Gasteiger partial charge in [0.15, 0.2) is 0 Å². The summed E-state index contributed by atoms with van der Waals surface area (Å²) in [5.74, 6) is 0. The number of rotatable bonds is 8. The van der Waals surface area contributed by atoms with Crippen LogP contribution in [0.25, 0.3) is 27.7 Å². The summed E-state index contributed by atoms with van der Waals surface area (Å²) < 4.78 is 4.77. The van der Waals surface area contributed by atoms with Crippen LogP contribution in [0, 0.1) is 0 Å². The standard InChI is InChI=1S/C33H29BrN2O/c1-2-25(26-14-5-3-6-15-26)13-11-12-22-35-31-18-9-10-19-32(31)36(33(35)37)24-29-21-20-28(23-30(29)34)27-16-7-4-8-17-27/h2-11,13-21,23H,12,22,24H2,1H3/b13-11-,25-2+. The number of aryl methyl sites for hydroxylation is 1. The molecule has 3 nitrogen and oxygen atoms in total. The molecule has 0 fully saturated rings. The second-order valence-corrected chi connectivity index (χ2v) is 9.84. The molecule has 0 unspecified atom stereocenters. The van der Waals surface area contributed by atoms with Gasteiger partial charge in [-0.3, -0.25) is 9.13 Å². The van der Waals surface area contributed by atoms with E-state index in [4.69, 9.17) is 0 Å². The molecule has 0 N–H and O–H groups in total. The lowest BCUT2D eigenvalue weighted by Crippen LogP contribution is -2.25. The minimum atomic E-state index is 0.0166. The third kappa shape index (κ3) is 5.45. The fourth-order valence-electron chi connectivity index (χ4n) is 4.70. The summed E-state index contributed by atoms with van der Waals surface area (Å²) >= 11 is 3.75. The Labute approximate surface area is 226 Å². The van der Waals surface area contributed by atoms with Crippen molar-refractivity contribution in [3.8, 4) is 11.1 Å². The summed E-state index contributed by atoms with van der Waals surface area (Å²) in [6, 6.07) is 35.1. The first-order chi connectivity index (χ1) is 18.2. The Balaban J connectivity index is 1.38. The Hall–Kier alpha value is -3.89. The minimum Gasteiger partial charge on any atom is -0.292 e. The van der Waals surface area contributed by atoms with Crippen LogP contribution in [0.1, 0.15) is 24.5 Å². The number of aromatic nitrogens is 2. The molecule has 5 rings (SSSR count). The molecule has 0 aliphatic carbocycles.